The third-order valence-corrected chi connectivity index (χ3v) is 5.08. The number of anilines is 1. The molecule has 1 aromatic rings. The minimum atomic E-state index is 0.0280. The minimum absolute atomic E-state index is 0.0280. The first-order valence-corrected chi connectivity index (χ1v) is 9.00. The van der Waals surface area contributed by atoms with E-state index >= 15 is 0 Å². The standard InChI is InChI=1S/C18H28N4O2/c1-14-4-2-6-17(19-14)21-10-7-16(8-11-21)20-18(24)22-9-3-5-15(12-22)13-23/h2,4,6,15-16,23H,3,5,7-13H2,1H3,(H,20,24). The van der Waals surface area contributed by atoms with Crippen molar-refractivity contribution in [1.29, 1.82) is 0 Å². The predicted molar refractivity (Wildman–Crippen MR) is 94.1 cm³/mol. The molecule has 24 heavy (non-hydrogen) atoms. The lowest BCUT2D eigenvalue weighted by molar-refractivity contribution is 0.127. The summed E-state index contributed by atoms with van der Waals surface area (Å²) >= 11 is 0. The van der Waals surface area contributed by atoms with Gasteiger partial charge in [0.1, 0.15) is 5.82 Å². The van der Waals surface area contributed by atoms with Crippen molar-refractivity contribution in [2.24, 2.45) is 5.92 Å². The molecule has 1 aromatic heterocycles. The van der Waals surface area contributed by atoms with Crippen LogP contribution in [0.25, 0.3) is 0 Å². The van der Waals surface area contributed by atoms with Crippen molar-refractivity contribution < 1.29 is 9.90 Å². The highest BCUT2D eigenvalue weighted by atomic mass is 16.3. The molecule has 0 spiro atoms. The summed E-state index contributed by atoms with van der Waals surface area (Å²) in [4.78, 5) is 21.2. The van der Waals surface area contributed by atoms with Crippen molar-refractivity contribution in [2.45, 2.75) is 38.6 Å². The molecule has 0 radical (unpaired) electrons. The summed E-state index contributed by atoms with van der Waals surface area (Å²) in [6.07, 6.45) is 3.88. The summed E-state index contributed by atoms with van der Waals surface area (Å²) in [6.45, 7) is 5.49. The maximum Gasteiger partial charge on any atom is 0.317 e. The number of hydrogen-bond donors (Lipinski definition) is 2. The fraction of sp³-hybridized carbons (Fsp3) is 0.667. The number of rotatable bonds is 3. The number of nitrogens with zero attached hydrogens (tertiary/aromatic N) is 3. The van der Waals surface area contributed by atoms with Gasteiger partial charge in [-0.1, -0.05) is 6.07 Å². The number of aryl methyl sites for hydroxylation is 1. The number of carbonyl (C=O) groups excluding carboxylic acids is 1. The predicted octanol–water partition coefficient (Wildman–Crippen LogP) is 1.77. The summed E-state index contributed by atoms with van der Waals surface area (Å²) in [6, 6.07) is 6.36. The first-order chi connectivity index (χ1) is 11.7. The van der Waals surface area contributed by atoms with Gasteiger partial charge in [0.25, 0.3) is 0 Å². The number of aromatic nitrogens is 1. The Morgan fingerprint density at radius 2 is 2.08 bits per heavy atom. The van der Waals surface area contributed by atoms with Gasteiger partial charge < -0.3 is 20.2 Å². The number of nitrogens with one attached hydrogen (secondary N) is 1. The van der Waals surface area contributed by atoms with Crippen molar-refractivity contribution in [3.8, 4) is 0 Å². The second-order valence-electron chi connectivity index (χ2n) is 6.98. The van der Waals surface area contributed by atoms with Crippen LogP contribution in [0.15, 0.2) is 18.2 Å². The number of pyridine rings is 1. The molecule has 2 amide bonds. The smallest absolute Gasteiger partial charge is 0.317 e. The number of aliphatic hydroxyl groups is 1. The first-order valence-electron chi connectivity index (χ1n) is 9.00. The first kappa shape index (κ1) is 17.0. The lowest BCUT2D eigenvalue weighted by Crippen LogP contribution is -2.51. The molecule has 1 unspecified atom stereocenters. The molecular weight excluding hydrogens is 304 g/mol. The van der Waals surface area contributed by atoms with E-state index in [4.69, 9.17) is 0 Å². The summed E-state index contributed by atoms with van der Waals surface area (Å²) in [5.74, 6) is 1.26. The zero-order valence-electron chi connectivity index (χ0n) is 14.4. The van der Waals surface area contributed by atoms with Crippen molar-refractivity contribution in [3.63, 3.8) is 0 Å². The Kier molecular flexibility index (Phi) is 5.56. The number of aliphatic hydroxyl groups excluding tert-OH is 1. The number of urea groups is 1. The van der Waals surface area contributed by atoms with Crippen LogP contribution in [0.4, 0.5) is 10.6 Å². The molecule has 2 N–H and O–H groups in total. The van der Waals surface area contributed by atoms with Gasteiger partial charge in [0.2, 0.25) is 0 Å². The third-order valence-electron chi connectivity index (χ3n) is 5.08. The Morgan fingerprint density at radius 3 is 2.79 bits per heavy atom. The second kappa shape index (κ2) is 7.83. The van der Waals surface area contributed by atoms with E-state index in [1.165, 1.54) is 0 Å². The average Bonchev–Trinajstić information content (AvgIpc) is 2.62. The fourth-order valence-electron chi connectivity index (χ4n) is 3.62. The molecule has 132 valence electrons. The van der Waals surface area contributed by atoms with E-state index in [0.29, 0.717) is 6.54 Å². The monoisotopic (exact) mass is 332 g/mol. The Labute approximate surface area is 143 Å². The summed E-state index contributed by atoms with van der Waals surface area (Å²) in [7, 11) is 0. The molecule has 0 aromatic carbocycles. The fourth-order valence-corrected chi connectivity index (χ4v) is 3.62. The van der Waals surface area contributed by atoms with Gasteiger partial charge in [0, 0.05) is 44.5 Å². The van der Waals surface area contributed by atoms with Crippen LogP contribution in [0.5, 0.6) is 0 Å². The van der Waals surface area contributed by atoms with Crippen molar-refractivity contribution in [2.75, 3.05) is 37.7 Å². The maximum atomic E-state index is 12.4. The van der Waals surface area contributed by atoms with Crippen LogP contribution in [0.3, 0.4) is 0 Å². The van der Waals surface area contributed by atoms with E-state index in [2.05, 4.69) is 21.3 Å². The van der Waals surface area contributed by atoms with Crippen LogP contribution in [0, 0.1) is 12.8 Å². The summed E-state index contributed by atoms with van der Waals surface area (Å²) in [5, 5.41) is 12.5. The van der Waals surface area contributed by atoms with Crippen LogP contribution in [-0.2, 0) is 0 Å². The van der Waals surface area contributed by atoms with Crippen molar-refractivity contribution >= 4 is 11.8 Å². The molecule has 2 saturated heterocycles. The van der Waals surface area contributed by atoms with Gasteiger partial charge in [-0.25, -0.2) is 9.78 Å². The quantitative estimate of drug-likeness (QED) is 0.885. The third kappa shape index (κ3) is 4.17. The van der Waals surface area contributed by atoms with Gasteiger partial charge in [0.15, 0.2) is 0 Å². The van der Waals surface area contributed by atoms with Gasteiger partial charge in [-0.3, -0.25) is 0 Å². The minimum Gasteiger partial charge on any atom is -0.396 e. The van der Waals surface area contributed by atoms with Gasteiger partial charge in [-0.05, 0) is 50.7 Å². The molecular formula is C18H28N4O2. The zero-order valence-corrected chi connectivity index (χ0v) is 14.4. The lowest BCUT2D eigenvalue weighted by atomic mass is 9.99. The zero-order chi connectivity index (χ0) is 16.9. The van der Waals surface area contributed by atoms with E-state index in [1.807, 2.05) is 24.0 Å². The maximum absolute atomic E-state index is 12.4. The Morgan fingerprint density at radius 1 is 1.29 bits per heavy atom. The van der Waals surface area contributed by atoms with Crippen LogP contribution in [0.2, 0.25) is 0 Å². The topological polar surface area (TPSA) is 68.7 Å². The molecule has 3 heterocycles. The summed E-state index contributed by atoms with van der Waals surface area (Å²) in [5.41, 5.74) is 1.03. The highest BCUT2D eigenvalue weighted by molar-refractivity contribution is 5.74. The van der Waals surface area contributed by atoms with E-state index in [9.17, 15) is 9.90 Å². The Bertz CT molecular complexity index is 558. The molecule has 0 aliphatic carbocycles. The molecule has 2 fully saturated rings. The lowest BCUT2D eigenvalue weighted by Gasteiger charge is -2.36. The SMILES string of the molecule is Cc1cccc(N2CCC(NC(=O)N3CCCC(CO)C3)CC2)n1. The van der Waals surface area contributed by atoms with Gasteiger partial charge in [0.05, 0.1) is 0 Å². The van der Waals surface area contributed by atoms with Gasteiger partial charge in [-0.15, -0.1) is 0 Å². The van der Waals surface area contributed by atoms with Crippen LogP contribution < -0.4 is 10.2 Å². The van der Waals surface area contributed by atoms with E-state index in [0.717, 1.165) is 56.8 Å². The number of carbonyl (C=O) groups is 1. The van der Waals surface area contributed by atoms with E-state index < -0.39 is 0 Å². The number of hydrogen-bond acceptors (Lipinski definition) is 4. The molecule has 6 nitrogen and oxygen atoms in total. The molecule has 0 bridgehead atoms. The molecule has 1 atom stereocenters. The normalized spacial score (nSPS) is 22.5. The average molecular weight is 332 g/mol. The van der Waals surface area contributed by atoms with Gasteiger partial charge >= 0.3 is 6.03 Å². The molecule has 3 rings (SSSR count). The van der Waals surface area contributed by atoms with Crippen LogP contribution in [-0.4, -0.2) is 59.8 Å². The van der Waals surface area contributed by atoms with Crippen LogP contribution in [0.1, 0.15) is 31.4 Å². The van der Waals surface area contributed by atoms with E-state index in [-0.39, 0.29) is 24.6 Å². The van der Waals surface area contributed by atoms with E-state index in [1.54, 1.807) is 0 Å². The molecule has 2 aliphatic rings. The highest BCUT2D eigenvalue weighted by Gasteiger charge is 2.26. The Balaban J connectivity index is 1.47. The molecule has 0 saturated carbocycles. The van der Waals surface area contributed by atoms with Gasteiger partial charge in [-0.2, -0.15) is 0 Å². The molecule has 2 aliphatic heterocycles. The van der Waals surface area contributed by atoms with Crippen molar-refractivity contribution in [1.82, 2.24) is 15.2 Å². The van der Waals surface area contributed by atoms with Crippen molar-refractivity contribution in [3.05, 3.63) is 23.9 Å². The Hall–Kier alpha value is -1.82. The van der Waals surface area contributed by atoms with Crippen LogP contribution >= 0.6 is 0 Å². The second-order valence-corrected chi connectivity index (χ2v) is 6.98. The number of piperidine rings is 2. The number of likely N-dealkylation sites (tertiary alicyclic amines) is 1. The largest absolute Gasteiger partial charge is 0.396 e. The number of amides is 2. The summed E-state index contributed by atoms with van der Waals surface area (Å²) < 4.78 is 0. The molecule has 6 heteroatoms. The highest BCUT2D eigenvalue weighted by Crippen LogP contribution is 2.19.